The number of hydrogen-bond acceptors (Lipinski definition) is 4. The van der Waals surface area contributed by atoms with E-state index in [0.29, 0.717) is 29.9 Å². The van der Waals surface area contributed by atoms with E-state index < -0.39 is 21.8 Å². The van der Waals surface area contributed by atoms with Crippen molar-refractivity contribution in [1.82, 2.24) is 5.32 Å². The maximum atomic E-state index is 13.2. The zero-order valence-corrected chi connectivity index (χ0v) is 15.6. The van der Waals surface area contributed by atoms with Gasteiger partial charge in [-0.2, -0.15) is 0 Å². The number of halogens is 1. The summed E-state index contributed by atoms with van der Waals surface area (Å²) in [7, 11) is -3.90. The lowest BCUT2D eigenvalue weighted by Gasteiger charge is -2.30. The summed E-state index contributed by atoms with van der Waals surface area (Å²) < 4.78 is 39.4. The van der Waals surface area contributed by atoms with Crippen LogP contribution >= 0.6 is 0 Å². The Morgan fingerprint density at radius 1 is 1.15 bits per heavy atom. The highest BCUT2D eigenvalue weighted by molar-refractivity contribution is 7.96. The van der Waals surface area contributed by atoms with Crippen LogP contribution in [0.1, 0.15) is 31.4 Å². The van der Waals surface area contributed by atoms with Gasteiger partial charge in [0.05, 0.1) is 16.6 Å². The fourth-order valence-corrected chi connectivity index (χ4v) is 5.46. The fourth-order valence-electron chi connectivity index (χ4n) is 3.70. The Labute approximate surface area is 157 Å². The molecule has 2 aromatic rings. The number of nitrogens with zero attached hydrogens (tertiary/aromatic N) is 1. The van der Waals surface area contributed by atoms with E-state index >= 15 is 0 Å². The number of para-hydroxylation sites is 1. The molecule has 2 aromatic carbocycles. The highest BCUT2D eigenvalue weighted by atomic mass is 32.2. The summed E-state index contributed by atoms with van der Waals surface area (Å²) in [6.45, 7) is 2.43. The van der Waals surface area contributed by atoms with Crippen LogP contribution in [0.5, 0.6) is 0 Å². The van der Waals surface area contributed by atoms with Crippen LogP contribution in [0.2, 0.25) is 0 Å². The predicted octanol–water partition coefficient (Wildman–Crippen LogP) is 3.30. The van der Waals surface area contributed by atoms with E-state index in [4.69, 9.17) is 0 Å². The van der Waals surface area contributed by atoms with Crippen molar-refractivity contribution >= 4 is 21.4 Å². The Balaban J connectivity index is 1.71. The van der Waals surface area contributed by atoms with Crippen LogP contribution in [-0.4, -0.2) is 20.9 Å². The Hall–Kier alpha value is -2.67. The van der Waals surface area contributed by atoms with E-state index in [-0.39, 0.29) is 15.6 Å². The maximum Gasteiger partial charge on any atom is 0.265 e. The minimum absolute atomic E-state index is 0.162. The second kappa shape index (κ2) is 6.49. The molecule has 140 valence electrons. The number of sulfone groups is 1. The smallest absolute Gasteiger partial charge is 0.265 e. The molecule has 1 fully saturated rings. The van der Waals surface area contributed by atoms with E-state index in [0.717, 1.165) is 6.42 Å². The molecule has 7 heteroatoms. The quantitative estimate of drug-likeness (QED) is 0.879. The van der Waals surface area contributed by atoms with Gasteiger partial charge in [-0.3, -0.25) is 4.79 Å². The molecule has 2 aliphatic heterocycles. The monoisotopic (exact) mass is 386 g/mol. The van der Waals surface area contributed by atoms with Gasteiger partial charge in [-0.15, -0.1) is 0 Å². The van der Waals surface area contributed by atoms with Gasteiger partial charge in [0.25, 0.3) is 5.91 Å². The number of anilines is 1. The molecule has 0 radical (unpaired) electrons. The third kappa shape index (κ3) is 2.92. The molecular weight excluding hydrogens is 367 g/mol. The first kappa shape index (κ1) is 17.7. The van der Waals surface area contributed by atoms with E-state index in [2.05, 4.69) is 5.32 Å². The Morgan fingerprint density at radius 2 is 1.85 bits per heavy atom. The number of carbonyl (C=O) groups excluding carboxylic acids is 1. The highest BCUT2D eigenvalue weighted by Crippen LogP contribution is 2.43. The highest BCUT2D eigenvalue weighted by Gasteiger charge is 2.41. The Kier molecular flexibility index (Phi) is 4.26. The molecule has 1 unspecified atom stereocenters. The normalized spacial score (nSPS) is 18.7. The van der Waals surface area contributed by atoms with Gasteiger partial charge < -0.3 is 10.2 Å². The van der Waals surface area contributed by atoms with Crippen LogP contribution in [0.15, 0.2) is 64.0 Å². The van der Waals surface area contributed by atoms with Crippen molar-refractivity contribution in [2.45, 2.75) is 30.7 Å². The van der Waals surface area contributed by atoms with Crippen molar-refractivity contribution in [3.63, 3.8) is 0 Å². The van der Waals surface area contributed by atoms with E-state index in [1.165, 1.54) is 18.2 Å². The molecule has 1 N–H and O–H groups in total. The molecule has 0 bridgehead atoms. The van der Waals surface area contributed by atoms with Gasteiger partial charge in [-0.1, -0.05) is 24.3 Å². The van der Waals surface area contributed by atoms with E-state index in [1.807, 2.05) is 4.90 Å². The minimum Gasteiger partial charge on any atom is -0.345 e. The molecule has 0 aliphatic carbocycles. The first-order valence-corrected chi connectivity index (χ1v) is 10.3. The lowest BCUT2D eigenvalue weighted by atomic mass is 10.1. The molecule has 27 heavy (non-hydrogen) atoms. The number of benzene rings is 2. The van der Waals surface area contributed by atoms with Crippen LogP contribution in [0.3, 0.4) is 0 Å². The first-order chi connectivity index (χ1) is 12.9. The van der Waals surface area contributed by atoms with Crippen LogP contribution in [0, 0.1) is 5.82 Å². The zero-order valence-electron chi connectivity index (χ0n) is 14.8. The third-order valence-corrected chi connectivity index (χ3v) is 6.90. The van der Waals surface area contributed by atoms with Crippen molar-refractivity contribution in [2.75, 3.05) is 11.4 Å². The molecule has 4 rings (SSSR count). The van der Waals surface area contributed by atoms with Crippen molar-refractivity contribution in [1.29, 1.82) is 0 Å². The van der Waals surface area contributed by atoms with Gasteiger partial charge in [0.15, 0.2) is 4.91 Å². The molecule has 0 saturated carbocycles. The van der Waals surface area contributed by atoms with Crippen molar-refractivity contribution in [2.24, 2.45) is 0 Å². The van der Waals surface area contributed by atoms with Gasteiger partial charge >= 0.3 is 0 Å². The number of amides is 1. The average Bonchev–Trinajstić information content (AvgIpc) is 3.11. The lowest BCUT2D eigenvalue weighted by Crippen LogP contribution is -2.36. The number of carbonyl (C=O) groups is 1. The summed E-state index contributed by atoms with van der Waals surface area (Å²) >= 11 is 0. The summed E-state index contributed by atoms with van der Waals surface area (Å²) in [5, 5.41) is 2.76. The van der Waals surface area contributed by atoms with E-state index in [1.54, 1.807) is 37.3 Å². The molecule has 0 spiro atoms. The standard InChI is InChI=1S/C20H19FN2O3S/c1-13(14-8-10-15(21)11-9-14)22-20(24)19-17-6-4-12-23(17)16-5-2-3-7-18(16)27(19,25)26/h2-3,5,7-11,13H,4,6,12H2,1H3,(H,22,24). The Morgan fingerprint density at radius 3 is 2.59 bits per heavy atom. The molecule has 5 nitrogen and oxygen atoms in total. The first-order valence-electron chi connectivity index (χ1n) is 8.81. The summed E-state index contributed by atoms with van der Waals surface area (Å²) in [4.78, 5) is 14.9. The Bertz CT molecular complexity index is 1050. The topological polar surface area (TPSA) is 66.5 Å². The number of nitrogens with one attached hydrogen (secondary N) is 1. The number of hydrogen-bond donors (Lipinski definition) is 1. The summed E-state index contributed by atoms with van der Waals surface area (Å²) in [6, 6.07) is 12.1. The van der Waals surface area contributed by atoms with Crippen molar-refractivity contribution in [3.05, 3.63) is 70.5 Å². The molecule has 1 amide bonds. The number of rotatable bonds is 3. The minimum atomic E-state index is -3.90. The summed E-state index contributed by atoms with van der Waals surface area (Å²) in [6.07, 6.45) is 1.34. The number of allylic oxidation sites excluding steroid dienone is 1. The lowest BCUT2D eigenvalue weighted by molar-refractivity contribution is -0.117. The van der Waals surface area contributed by atoms with Gasteiger partial charge in [0, 0.05) is 12.2 Å². The fraction of sp³-hybridized carbons (Fsp3) is 0.250. The van der Waals surface area contributed by atoms with Crippen molar-refractivity contribution < 1.29 is 17.6 Å². The van der Waals surface area contributed by atoms with Crippen molar-refractivity contribution in [3.8, 4) is 0 Å². The molecule has 1 atom stereocenters. The molecule has 1 saturated heterocycles. The second-order valence-corrected chi connectivity index (χ2v) is 8.60. The summed E-state index contributed by atoms with van der Waals surface area (Å²) in [5.74, 6) is -0.988. The molecule has 2 heterocycles. The SMILES string of the molecule is CC(NC(=O)C1=C2CCCN2c2ccccc2S1(=O)=O)c1ccc(F)cc1. The van der Waals surface area contributed by atoms with Crippen LogP contribution in [0.25, 0.3) is 0 Å². The van der Waals surface area contributed by atoms with Gasteiger partial charge in [-0.05, 0) is 49.6 Å². The third-order valence-electron chi connectivity index (χ3n) is 5.02. The summed E-state index contributed by atoms with van der Waals surface area (Å²) in [5.41, 5.74) is 1.89. The maximum absolute atomic E-state index is 13.2. The predicted molar refractivity (Wildman–Crippen MR) is 100 cm³/mol. The van der Waals surface area contributed by atoms with Gasteiger partial charge in [-0.25, -0.2) is 12.8 Å². The van der Waals surface area contributed by atoms with Gasteiger partial charge in [0.2, 0.25) is 9.84 Å². The second-order valence-electron chi connectivity index (χ2n) is 6.75. The molecule has 0 aromatic heterocycles. The molecule has 2 aliphatic rings. The van der Waals surface area contributed by atoms with Crippen LogP contribution < -0.4 is 10.2 Å². The largest absolute Gasteiger partial charge is 0.345 e. The van der Waals surface area contributed by atoms with Crippen LogP contribution in [-0.2, 0) is 14.6 Å². The molecular formula is C20H19FN2O3S. The average molecular weight is 386 g/mol. The number of fused-ring (bicyclic) bond motifs is 3. The zero-order chi connectivity index (χ0) is 19.2. The van der Waals surface area contributed by atoms with E-state index in [9.17, 15) is 17.6 Å². The van der Waals surface area contributed by atoms with Crippen LogP contribution in [0.4, 0.5) is 10.1 Å². The van der Waals surface area contributed by atoms with Gasteiger partial charge in [0.1, 0.15) is 5.82 Å².